The molecular formula is C99H125N21O15S4. The number of amides is 4. The molecule has 0 radical (unpaired) electrons. The highest BCUT2D eigenvalue weighted by molar-refractivity contribution is 7.91. The maximum Gasteiger partial charge on any atom is 0.281 e. The van der Waals surface area contributed by atoms with Gasteiger partial charge in [-0.15, -0.1) is 0 Å². The van der Waals surface area contributed by atoms with Gasteiger partial charge < -0.3 is 60.5 Å². The van der Waals surface area contributed by atoms with E-state index in [9.17, 15) is 52.8 Å². The SMILES string of the molecule is CC1CN(c2ncccc2C(=O)NS(=O)(=O)c2cccc(Nc3cccc(OC(C)C)c3)n2)C(C)(C)C1.CCOCCNc1cccc(S(=O)(=O)NC(=O)c2cccnc2N2CC(C)CC2(C)C)n1.C[C@@H]1CN(c2nc(C3CCCCO3)ccc2C(=O)NS(=O)(=O)c2cccnc2N)C(C)(C)C1.C[C@H]1CN(c2nc(-c3ccc4c(ccn4C)c3)ccc2C(=O)NS(=O)(=O)c2cccnc2N)C(C)(C)C1. The van der Waals surface area contributed by atoms with Crippen LogP contribution in [-0.4, -0.2) is 183 Å². The van der Waals surface area contributed by atoms with Crippen LogP contribution in [0.4, 0.5) is 52.2 Å². The number of aromatic nitrogens is 9. The number of rotatable bonds is 27. The first-order valence-electron chi connectivity index (χ1n) is 46.3. The summed E-state index contributed by atoms with van der Waals surface area (Å²) in [4.78, 5) is 95.4. The zero-order valence-electron chi connectivity index (χ0n) is 81.2. The van der Waals surface area contributed by atoms with Crippen molar-refractivity contribution >= 4 is 127 Å². The lowest BCUT2D eigenvalue weighted by atomic mass is 9.97. The van der Waals surface area contributed by atoms with E-state index in [1.54, 1.807) is 91.3 Å². The second kappa shape index (κ2) is 42.8. The van der Waals surface area contributed by atoms with Gasteiger partial charge >= 0.3 is 0 Å². The van der Waals surface area contributed by atoms with Gasteiger partial charge in [0.15, 0.2) is 10.1 Å². The number of nitrogens with zero attached hydrogens (tertiary/aromatic N) is 13. The van der Waals surface area contributed by atoms with Gasteiger partial charge in [0, 0.05) is 134 Å². The molecule has 36 nitrogen and oxygen atoms in total. The van der Waals surface area contributed by atoms with E-state index in [1.807, 2.05) is 70.4 Å². The molecular weight excluding hydrogens is 1850 g/mol. The van der Waals surface area contributed by atoms with Crippen LogP contribution in [0.25, 0.3) is 22.2 Å². The molecule has 5 aliphatic heterocycles. The number of nitrogens with two attached hydrogens (primary N) is 2. The number of fused-ring (bicyclic) bond motifs is 1. The molecule has 5 aliphatic rings. The molecule has 740 valence electrons. The van der Waals surface area contributed by atoms with E-state index >= 15 is 0 Å². The topological polar surface area (TPSA) is 478 Å². The second-order valence-corrected chi connectivity index (χ2v) is 45.1. The van der Waals surface area contributed by atoms with Crippen LogP contribution in [0, 0.1) is 23.7 Å². The number of anilines is 9. The fourth-order valence-corrected chi connectivity index (χ4v) is 22.8. The summed E-state index contributed by atoms with van der Waals surface area (Å²) in [6, 6.07) is 43.3. The van der Waals surface area contributed by atoms with Gasteiger partial charge in [0.05, 0.1) is 52.5 Å². The number of nitrogens with one attached hydrogen (secondary N) is 6. The van der Waals surface area contributed by atoms with Gasteiger partial charge in [-0.05, 0) is 272 Å². The molecule has 139 heavy (non-hydrogen) atoms. The maximum absolute atomic E-state index is 13.4. The highest BCUT2D eigenvalue weighted by atomic mass is 32.2. The molecule has 16 rings (SSSR count). The Morgan fingerprint density at radius 3 is 1.40 bits per heavy atom. The van der Waals surface area contributed by atoms with Gasteiger partial charge in [-0.2, -0.15) is 16.8 Å². The standard InChI is InChI=1S/C27H30N6O3S.C27H33N5O4S.C23H31N5O4S.C22H31N5O4S/c1-17-15-27(2,3)33(16-17)25-20(26(34)31-37(35,36)23-6-5-12-29-24(23)28)8-9-21(30-25)18-7-10-22-19(14-18)11-13-32(22)4;1-18(2)36-21-10-6-9-20(15-21)29-23-12-7-13-24(30-23)37(34,35)31-26(33)22-11-8-14-28-25(22)32-17-19(3)16-27(32,4)5;1-15-13-23(2,3)28(14-15)21-16(9-10-17(26-21)18-7-4-5-12-32-18)22(29)27-33(30,31)19-8-6-11-25-20(19)24;1-5-31-13-12-23-18-9-6-10-19(25-18)32(29,30)26-21(28)17-8-7-11-24-20(17)27-15-16(2)14-22(27,3)4/h5-14,17H,15-16H2,1-4H3,(H2,28,29)(H,31,34);6-15,18-19H,16-17H2,1-5H3,(H,29,30)(H,31,33);6,8-11,15,18H,4-5,7,12-14H2,1-3H3,(H2,24,25)(H,27,29);6-11,16H,5,12-15H2,1-4H3,(H,23,25)(H,26,28)/t17-;;15-,18?;/m1.0./s1. The number of sulfonamides is 4. The monoisotopic (exact) mass is 1980 g/mol. The lowest BCUT2D eigenvalue weighted by molar-refractivity contribution is 0.0123. The quantitative estimate of drug-likeness (QED) is 0.0222. The van der Waals surface area contributed by atoms with E-state index in [4.69, 9.17) is 35.6 Å². The predicted octanol–water partition coefficient (Wildman–Crippen LogP) is 14.4. The molecule has 0 saturated carbocycles. The number of ether oxygens (including phenoxy) is 3. The van der Waals surface area contributed by atoms with Crippen LogP contribution < -0.4 is 65.3 Å². The Hall–Kier alpha value is -13.0. The normalized spacial score (nSPS) is 18.7. The van der Waals surface area contributed by atoms with Crippen LogP contribution in [0.15, 0.2) is 209 Å². The van der Waals surface area contributed by atoms with E-state index in [1.165, 1.54) is 48.8 Å². The third kappa shape index (κ3) is 25.0. The lowest BCUT2D eigenvalue weighted by Crippen LogP contribution is -2.41. The number of carbonyl (C=O) groups is 4. The van der Waals surface area contributed by atoms with E-state index in [-0.39, 0.29) is 88.1 Å². The summed E-state index contributed by atoms with van der Waals surface area (Å²) < 4.78 is 131. The molecule has 9 aromatic heterocycles. The average molecular weight is 1980 g/mol. The van der Waals surface area contributed by atoms with Crippen LogP contribution in [0.2, 0.25) is 0 Å². The van der Waals surface area contributed by atoms with Crippen molar-refractivity contribution in [2.75, 3.05) is 94.2 Å². The number of benzene rings is 2. The van der Waals surface area contributed by atoms with Crippen molar-refractivity contribution in [1.82, 2.24) is 63.3 Å². The van der Waals surface area contributed by atoms with Crippen molar-refractivity contribution in [2.24, 2.45) is 30.7 Å². The van der Waals surface area contributed by atoms with Crippen LogP contribution in [-0.2, 0) is 56.6 Å². The molecule has 0 bridgehead atoms. The van der Waals surface area contributed by atoms with Crippen molar-refractivity contribution in [1.29, 1.82) is 0 Å². The Labute approximate surface area is 813 Å². The number of aryl methyl sites for hydroxylation is 1. The molecule has 10 N–H and O–H groups in total. The zero-order valence-corrected chi connectivity index (χ0v) is 84.5. The molecule has 0 spiro atoms. The van der Waals surface area contributed by atoms with E-state index in [0.29, 0.717) is 109 Å². The third-order valence-corrected chi connectivity index (χ3v) is 29.9. The minimum absolute atomic E-state index is 0.0192. The van der Waals surface area contributed by atoms with Gasteiger partial charge in [0.1, 0.15) is 62.1 Å². The Morgan fingerprint density at radius 2 is 0.928 bits per heavy atom. The first-order valence-corrected chi connectivity index (χ1v) is 52.2. The van der Waals surface area contributed by atoms with Crippen molar-refractivity contribution in [3.8, 4) is 17.0 Å². The summed E-state index contributed by atoms with van der Waals surface area (Å²) >= 11 is 0. The summed E-state index contributed by atoms with van der Waals surface area (Å²) in [5, 5.41) is 6.66. The first kappa shape index (κ1) is 103. The minimum atomic E-state index is -4.25. The number of hydrogen-bond donors (Lipinski definition) is 8. The van der Waals surface area contributed by atoms with Gasteiger partial charge in [-0.1, -0.05) is 52.0 Å². The van der Waals surface area contributed by atoms with E-state index in [2.05, 4.69) is 173 Å². The van der Waals surface area contributed by atoms with E-state index in [0.717, 1.165) is 86.7 Å². The Balaban J connectivity index is 0.000000157. The largest absolute Gasteiger partial charge is 0.491 e. The second-order valence-electron chi connectivity index (χ2n) is 38.6. The number of pyridine rings is 8. The molecule has 2 aromatic carbocycles. The fourth-order valence-electron chi connectivity index (χ4n) is 18.8. The van der Waals surface area contributed by atoms with Crippen LogP contribution >= 0.6 is 0 Å². The van der Waals surface area contributed by atoms with Gasteiger partial charge in [0.2, 0.25) is 0 Å². The smallest absolute Gasteiger partial charge is 0.281 e. The summed E-state index contributed by atoms with van der Waals surface area (Å²) in [5.41, 5.74) is 15.5. The molecule has 5 atom stereocenters. The molecule has 11 aromatic rings. The molecule has 4 amide bonds. The number of carbonyl (C=O) groups excluding carboxylic acids is 4. The highest BCUT2D eigenvalue weighted by Crippen LogP contribution is 2.44. The zero-order chi connectivity index (χ0) is 100. The van der Waals surface area contributed by atoms with E-state index < -0.39 is 63.7 Å². The summed E-state index contributed by atoms with van der Waals surface area (Å²) in [7, 11) is -14.9. The fraction of sp³-hybridized carbons (Fsp3) is 0.414. The van der Waals surface area contributed by atoms with Crippen molar-refractivity contribution in [3.05, 3.63) is 217 Å². The van der Waals surface area contributed by atoms with Crippen LogP contribution in [0.3, 0.4) is 0 Å². The van der Waals surface area contributed by atoms with Crippen molar-refractivity contribution in [3.63, 3.8) is 0 Å². The first-order chi connectivity index (χ1) is 65.6. The molecule has 3 unspecified atom stereocenters. The molecule has 14 heterocycles. The molecule has 40 heteroatoms. The van der Waals surface area contributed by atoms with Crippen molar-refractivity contribution in [2.45, 2.75) is 203 Å². The van der Waals surface area contributed by atoms with Gasteiger partial charge in [-0.3, -0.25) is 19.2 Å². The minimum Gasteiger partial charge on any atom is -0.491 e. The predicted molar refractivity (Wildman–Crippen MR) is 537 cm³/mol. The molecule has 5 saturated heterocycles. The Bertz CT molecular complexity index is 6820. The van der Waals surface area contributed by atoms with Crippen molar-refractivity contribution < 1.29 is 67.1 Å². The lowest BCUT2D eigenvalue weighted by Gasteiger charge is -2.34. The van der Waals surface area contributed by atoms with Crippen LogP contribution in [0.5, 0.6) is 5.75 Å². The third-order valence-electron chi connectivity index (χ3n) is 24.6. The summed E-state index contributed by atoms with van der Waals surface area (Å²) in [6.07, 6.45) is 14.6. The molecule has 0 aliphatic carbocycles. The Morgan fingerprint density at radius 1 is 0.482 bits per heavy atom. The van der Waals surface area contributed by atoms with Crippen LogP contribution in [0.1, 0.15) is 202 Å². The molecule has 5 fully saturated rings. The summed E-state index contributed by atoms with van der Waals surface area (Å²) in [5.74, 6) is 1.54. The number of nitrogen functional groups attached to an aromatic ring is 2. The number of hydrogen-bond acceptors (Lipinski definition) is 31. The maximum atomic E-state index is 13.4. The summed E-state index contributed by atoms with van der Waals surface area (Å²) in [6.45, 7) is 36.3. The van der Waals surface area contributed by atoms with Gasteiger partial charge in [-0.25, -0.2) is 75.6 Å². The average Bonchev–Trinajstić information content (AvgIpc) is 1.66. The highest BCUT2D eigenvalue weighted by Gasteiger charge is 2.45. The Kier molecular flexibility index (Phi) is 31.8. The van der Waals surface area contributed by atoms with Gasteiger partial charge in [0.25, 0.3) is 63.7 Å².